The van der Waals surface area contributed by atoms with Gasteiger partial charge in [0.25, 0.3) is 0 Å². The molecule has 4 aliphatic rings. The van der Waals surface area contributed by atoms with Crippen LogP contribution in [0.4, 0.5) is 10.1 Å². The van der Waals surface area contributed by atoms with Gasteiger partial charge in [0.2, 0.25) is 11.8 Å². The Kier molecular flexibility index (Phi) is 4.73. The molecule has 0 spiro atoms. The lowest BCUT2D eigenvalue weighted by Crippen LogP contribution is -2.57. The smallest absolute Gasteiger partial charge is 0.247 e. The number of benzene rings is 1. The molecule has 0 saturated heterocycles. The zero-order valence-corrected chi connectivity index (χ0v) is 16.1. The molecule has 4 saturated carbocycles. The Morgan fingerprint density at radius 2 is 1.52 bits per heavy atom. The average Bonchev–Trinajstić information content (AvgIpc) is 2.59. The Morgan fingerprint density at radius 1 is 1.00 bits per heavy atom. The van der Waals surface area contributed by atoms with E-state index in [1.807, 2.05) is 13.8 Å². The van der Waals surface area contributed by atoms with Gasteiger partial charge in [-0.3, -0.25) is 9.59 Å². The van der Waals surface area contributed by atoms with Crippen molar-refractivity contribution in [2.75, 3.05) is 5.32 Å². The maximum Gasteiger partial charge on any atom is 0.247 e. The lowest BCUT2D eigenvalue weighted by atomic mass is 9.49. The fourth-order valence-electron chi connectivity index (χ4n) is 5.97. The third kappa shape index (κ3) is 3.61. The minimum Gasteiger partial charge on any atom is -0.344 e. The van der Waals surface area contributed by atoms with Crippen molar-refractivity contribution in [1.82, 2.24) is 5.32 Å². The SMILES string of the molecule is CC(C)[C@H](NC(=O)C12CC3CC(CC(C3)C1)C2)C(=O)Nc1ccc(F)cc1. The van der Waals surface area contributed by atoms with Crippen molar-refractivity contribution in [1.29, 1.82) is 0 Å². The molecule has 2 amide bonds. The van der Waals surface area contributed by atoms with E-state index < -0.39 is 6.04 Å². The number of anilines is 1. The number of nitrogens with one attached hydrogen (secondary N) is 2. The van der Waals surface area contributed by atoms with Gasteiger partial charge in [0.15, 0.2) is 0 Å². The second-order valence-corrected chi connectivity index (χ2v) is 9.39. The molecular formula is C22H29FN2O2. The highest BCUT2D eigenvalue weighted by molar-refractivity contribution is 5.98. The van der Waals surface area contributed by atoms with E-state index in [0.717, 1.165) is 19.3 Å². The molecule has 2 N–H and O–H groups in total. The molecule has 0 unspecified atom stereocenters. The predicted molar refractivity (Wildman–Crippen MR) is 102 cm³/mol. The van der Waals surface area contributed by atoms with Crippen LogP contribution in [0.5, 0.6) is 0 Å². The van der Waals surface area contributed by atoms with Crippen LogP contribution in [0, 0.1) is 34.9 Å². The number of carbonyl (C=O) groups excluding carboxylic acids is 2. The van der Waals surface area contributed by atoms with Crippen LogP contribution >= 0.6 is 0 Å². The van der Waals surface area contributed by atoms with Crippen molar-refractivity contribution in [3.63, 3.8) is 0 Å². The van der Waals surface area contributed by atoms with Gasteiger partial charge in [-0.25, -0.2) is 4.39 Å². The van der Waals surface area contributed by atoms with Gasteiger partial charge in [-0.1, -0.05) is 13.8 Å². The summed E-state index contributed by atoms with van der Waals surface area (Å²) in [6.45, 7) is 3.88. The standard InChI is InChI=1S/C22H29FN2O2/c1-13(2)19(20(26)24-18-5-3-17(23)4-6-18)25-21(27)22-10-14-7-15(11-22)9-16(8-14)12-22/h3-6,13-16,19H,7-12H2,1-2H3,(H,24,26)(H,25,27)/t14?,15?,16?,19-,22?/m0/s1. The maximum atomic E-state index is 13.3. The predicted octanol–water partition coefficient (Wildman–Crippen LogP) is 4.12. The number of hydrogen-bond donors (Lipinski definition) is 2. The lowest BCUT2D eigenvalue weighted by Gasteiger charge is -2.55. The second kappa shape index (κ2) is 6.92. The summed E-state index contributed by atoms with van der Waals surface area (Å²) in [5.74, 6) is 1.52. The molecule has 4 fully saturated rings. The first-order valence-electron chi connectivity index (χ1n) is 10.2. The van der Waals surface area contributed by atoms with Crippen molar-refractivity contribution in [3.05, 3.63) is 30.1 Å². The van der Waals surface area contributed by atoms with E-state index in [1.165, 1.54) is 43.5 Å². The van der Waals surface area contributed by atoms with E-state index in [1.54, 1.807) is 0 Å². The van der Waals surface area contributed by atoms with Gasteiger partial charge in [0.1, 0.15) is 11.9 Å². The van der Waals surface area contributed by atoms with Crippen LogP contribution in [0.1, 0.15) is 52.4 Å². The van der Waals surface area contributed by atoms with E-state index >= 15 is 0 Å². The van der Waals surface area contributed by atoms with Gasteiger partial charge in [-0.15, -0.1) is 0 Å². The van der Waals surface area contributed by atoms with Gasteiger partial charge in [-0.05, 0) is 86.5 Å². The minimum atomic E-state index is -0.587. The Hall–Kier alpha value is -1.91. The summed E-state index contributed by atoms with van der Waals surface area (Å²) in [5, 5.41) is 5.89. The summed E-state index contributed by atoms with van der Waals surface area (Å²) >= 11 is 0. The summed E-state index contributed by atoms with van der Waals surface area (Å²) in [5.41, 5.74) is 0.272. The fraction of sp³-hybridized carbons (Fsp3) is 0.636. The van der Waals surface area contributed by atoms with Crippen molar-refractivity contribution < 1.29 is 14.0 Å². The van der Waals surface area contributed by atoms with Crippen LogP contribution in [0.15, 0.2) is 24.3 Å². The molecule has 5 heteroatoms. The van der Waals surface area contributed by atoms with E-state index in [4.69, 9.17) is 0 Å². The van der Waals surface area contributed by atoms with Gasteiger partial charge >= 0.3 is 0 Å². The topological polar surface area (TPSA) is 58.2 Å². The summed E-state index contributed by atoms with van der Waals surface area (Å²) in [7, 11) is 0. The summed E-state index contributed by atoms with van der Waals surface area (Å²) < 4.78 is 13.1. The van der Waals surface area contributed by atoms with E-state index in [2.05, 4.69) is 10.6 Å². The molecule has 4 nitrogen and oxygen atoms in total. The molecule has 146 valence electrons. The normalized spacial score (nSPS) is 32.4. The quantitative estimate of drug-likeness (QED) is 0.817. The number of rotatable bonds is 5. The van der Waals surface area contributed by atoms with Crippen LogP contribution in [-0.4, -0.2) is 17.9 Å². The van der Waals surface area contributed by atoms with E-state index in [9.17, 15) is 14.0 Å². The van der Waals surface area contributed by atoms with Crippen molar-refractivity contribution >= 4 is 17.5 Å². The summed E-state index contributed by atoms with van der Waals surface area (Å²) in [4.78, 5) is 26.1. The Labute approximate surface area is 160 Å². The van der Waals surface area contributed by atoms with E-state index in [0.29, 0.717) is 23.4 Å². The highest BCUT2D eigenvalue weighted by atomic mass is 19.1. The summed E-state index contributed by atoms with van der Waals surface area (Å²) in [6, 6.07) is 5.11. The third-order valence-corrected chi connectivity index (χ3v) is 6.87. The minimum absolute atomic E-state index is 0.0247. The van der Waals surface area contributed by atoms with Gasteiger partial charge in [-0.2, -0.15) is 0 Å². The van der Waals surface area contributed by atoms with E-state index in [-0.39, 0.29) is 29.0 Å². The molecule has 0 aliphatic heterocycles. The molecule has 1 aromatic carbocycles. The monoisotopic (exact) mass is 372 g/mol. The Bertz CT molecular complexity index is 693. The highest BCUT2D eigenvalue weighted by Crippen LogP contribution is 2.60. The highest BCUT2D eigenvalue weighted by Gasteiger charge is 2.55. The number of carbonyl (C=O) groups is 2. The first-order valence-corrected chi connectivity index (χ1v) is 10.2. The van der Waals surface area contributed by atoms with Crippen LogP contribution in [0.2, 0.25) is 0 Å². The Balaban J connectivity index is 1.46. The van der Waals surface area contributed by atoms with Crippen LogP contribution < -0.4 is 10.6 Å². The molecule has 27 heavy (non-hydrogen) atoms. The second-order valence-electron chi connectivity index (χ2n) is 9.39. The number of hydrogen-bond acceptors (Lipinski definition) is 2. The zero-order chi connectivity index (χ0) is 19.2. The number of halogens is 1. The molecule has 1 aromatic rings. The van der Waals surface area contributed by atoms with Gasteiger partial charge < -0.3 is 10.6 Å². The van der Waals surface area contributed by atoms with Crippen molar-refractivity contribution in [3.8, 4) is 0 Å². The maximum absolute atomic E-state index is 13.3. The van der Waals surface area contributed by atoms with Gasteiger partial charge in [0, 0.05) is 11.1 Å². The molecule has 4 bridgehead atoms. The fourth-order valence-corrected chi connectivity index (χ4v) is 5.97. The first kappa shape index (κ1) is 18.5. The molecule has 0 heterocycles. The van der Waals surface area contributed by atoms with Crippen LogP contribution in [0.25, 0.3) is 0 Å². The van der Waals surface area contributed by atoms with Crippen molar-refractivity contribution in [2.45, 2.75) is 58.4 Å². The summed E-state index contributed by atoms with van der Waals surface area (Å²) in [6.07, 6.45) is 6.79. The molecule has 1 atom stereocenters. The zero-order valence-electron chi connectivity index (χ0n) is 16.1. The van der Waals surface area contributed by atoms with Crippen molar-refractivity contribution in [2.24, 2.45) is 29.1 Å². The average molecular weight is 372 g/mol. The third-order valence-electron chi connectivity index (χ3n) is 6.87. The molecule has 5 rings (SSSR count). The first-order chi connectivity index (χ1) is 12.8. The lowest BCUT2D eigenvalue weighted by molar-refractivity contribution is -0.148. The molecule has 4 aliphatic carbocycles. The number of amides is 2. The van der Waals surface area contributed by atoms with Crippen LogP contribution in [0.3, 0.4) is 0 Å². The van der Waals surface area contributed by atoms with Crippen LogP contribution in [-0.2, 0) is 9.59 Å². The largest absolute Gasteiger partial charge is 0.344 e. The Morgan fingerprint density at radius 3 is 2.00 bits per heavy atom. The van der Waals surface area contributed by atoms with Gasteiger partial charge in [0.05, 0.1) is 0 Å². The molecule has 0 radical (unpaired) electrons. The molecule has 0 aromatic heterocycles. The molecular weight excluding hydrogens is 343 g/mol.